The lowest BCUT2D eigenvalue weighted by molar-refractivity contribution is 0.414. The van der Waals surface area contributed by atoms with Crippen LogP contribution in [-0.2, 0) is 0 Å². The van der Waals surface area contributed by atoms with Crippen molar-refractivity contribution in [3.8, 4) is 0 Å². The number of rotatable bonds is 2. The molecular formula is C9H13ClO. The van der Waals surface area contributed by atoms with E-state index in [0.717, 1.165) is 11.1 Å². The molecule has 0 heterocycles. The average molecular weight is 173 g/mol. The van der Waals surface area contributed by atoms with E-state index in [1.807, 2.05) is 13.8 Å². The Labute approximate surface area is 72.7 Å². The van der Waals surface area contributed by atoms with Crippen LogP contribution in [0.25, 0.3) is 0 Å². The topological polar surface area (TPSA) is 20.2 Å². The molecule has 0 aliphatic carbocycles. The summed E-state index contributed by atoms with van der Waals surface area (Å²) in [4.78, 5) is 0. The first-order valence-corrected chi connectivity index (χ1v) is 3.72. The van der Waals surface area contributed by atoms with Crippen molar-refractivity contribution >= 4 is 11.6 Å². The van der Waals surface area contributed by atoms with Crippen LogP contribution >= 0.6 is 11.6 Å². The zero-order valence-corrected chi connectivity index (χ0v) is 7.87. The lowest BCUT2D eigenvalue weighted by Crippen LogP contribution is -1.80. The molecular weight excluding hydrogens is 160 g/mol. The Morgan fingerprint density at radius 2 is 1.82 bits per heavy atom. The highest BCUT2D eigenvalue weighted by Gasteiger charge is 1.96. The van der Waals surface area contributed by atoms with Crippen molar-refractivity contribution < 1.29 is 5.11 Å². The molecule has 0 aromatic heterocycles. The van der Waals surface area contributed by atoms with E-state index in [2.05, 4.69) is 6.58 Å². The predicted octanol–water partition coefficient (Wildman–Crippen LogP) is 3.54. The molecule has 0 aliphatic rings. The molecule has 62 valence electrons. The van der Waals surface area contributed by atoms with Gasteiger partial charge in [-0.25, -0.2) is 0 Å². The van der Waals surface area contributed by atoms with Crippen LogP contribution in [0.4, 0.5) is 0 Å². The summed E-state index contributed by atoms with van der Waals surface area (Å²) in [5.41, 5.74) is 1.64. The highest BCUT2D eigenvalue weighted by molar-refractivity contribution is 6.32. The van der Waals surface area contributed by atoms with Crippen molar-refractivity contribution in [3.05, 3.63) is 34.6 Å². The molecule has 0 atom stereocenters. The molecule has 0 aromatic carbocycles. The third-order valence-electron chi connectivity index (χ3n) is 1.15. The van der Waals surface area contributed by atoms with Gasteiger partial charge in [0.25, 0.3) is 0 Å². The molecule has 11 heavy (non-hydrogen) atoms. The maximum Gasteiger partial charge on any atom is 0.0894 e. The smallest absolute Gasteiger partial charge is 0.0894 e. The molecule has 0 bridgehead atoms. The largest absolute Gasteiger partial charge is 0.513 e. The van der Waals surface area contributed by atoms with E-state index in [1.54, 1.807) is 13.0 Å². The van der Waals surface area contributed by atoms with Crippen molar-refractivity contribution in [1.82, 2.24) is 0 Å². The fourth-order valence-corrected chi connectivity index (χ4v) is 0.768. The third-order valence-corrected chi connectivity index (χ3v) is 1.77. The van der Waals surface area contributed by atoms with Crippen molar-refractivity contribution in [2.45, 2.75) is 20.8 Å². The summed E-state index contributed by atoms with van der Waals surface area (Å²) >= 11 is 5.83. The van der Waals surface area contributed by atoms with E-state index in [0.29, 0.717) is 5.03 Å². The standard InChI is InChI=1S/C9H13ClO/c1-6(2)9(10)7(3)5-8(4)11/h5,11H,1H2,2-4H3/b8-5+,9-7+. The summed E-state index contributed by atoms with van der Waals surface area (Å²) in [5.74, 6) is 0.252. The molecule has 0 aromatic rings. The maximum absolute atomic E-state index is 8.89. The lowest BCUT2D eigenvalue weighted by Gasteiger charge is -1.99. The van der Waals surface area contributed by atoms with Gasteiger partial charge in [-0.3, -0.25) is 0 Å². The van der Waals surface area contributed by atoms with Crippen molar-refractivity contribution in [2.24, 2.45) is 0 Å². The van der Waals surface area contributed by atoms with Gasteiger partial charge < -0.3 is 5.11 Å². The number of hydrogen-bond acceptors (Lipinski definition) is 1. The number of aliphatic hydroxyl groups excluding tert-OH is 1. The Hall–Kier alpha value is -0.690. The number of allylic oxidation sites excluding steroid dienone is 5. The number of halogens is 1. The SMILES string of the molecule is C=C(C)/C(Cl)=C(C)\C=C(/C)O. The summed E-state index contributed by atoms with van der Waals surface area (Å²) < 4.78 is 0. The number of aliphatic hydroxyl groups is 1. The zero-order chi connectivity index (χ0) is 9.02. The van der Waals surface area contributed by atoms with E-state index < -0.39 is 0 Å². The highest BCUT2D eigenvalue weighted by Crippen LogP contribution is 2.18. The molecule has 0 saturated carbocycles. The van der Waals surface area contributed by atoms with Crippen LogP contribution in [0, 0.1) is 0 Å². The Kier molecular flexibility index (Phi) is 3.98. The average Bonchev–Trinajstić information content (AvgIpc) is 1.84. The van der Waals surface area contributed by atoms with Gasteiger partial charge in [-0.1, -0.05) is 18.2 Å². The van der Waals surface area contributed by atoms with Crippen LogP contribution in [0.1, 0.15) is 20.8 Å². The quantitative estimate of drug-likeness (QED) is 0.499. The van der Waals surface area contributed by atoms with Gasteiger partial charge in [0.2, 0.25) is 0 Å². The number of hydrogen-bond donors (Lipinski definition) is 1. The van der Waals surface area contributed by atoms with Gasteiger partial charge in [0.05, 0.1) is 5.76 Å². The fraction of sp³-hybridized carbons (Fsp3) is 0.333. The van der Waals surface area contributed by atoms with Gasteiger partial charge in [0, 0.05) is 5.03 Å². The second-order valence-corrected chi connectivity index (χ2v) is 2.94. The Morgan fingerprint density at radius 3 is 2.09 bits per heavy atom. The summed E-state index contributed by atoms with van der Waals surface area (Å²) in [6.07, 6.45) is 1.61. The zero-order valence-electron chi connectivity index (χ0n) is 7.11. The predicted molar refractivity (Wildman–Crippen MR) is 49.8 cm³/mol. The molecule has 0 unspecified atom stereocenters. The molecule has 1 N–H and O–H groups in total. The van der Waals surface area contributed by atoms with Gasteiger partial charge in [-0.15, -0.1) is 0 Å². The molecule has 2 heteroatoms. The van der Waals surface area contributed by atoms with Crippen LogP contribution in [0.5, 0.6) is 0 Å². The Balaban J connectivity index is 4.68. The molecule has 0 radical (unpaired) electrons. The summed E-state index contributed by atoms with van der Waals surface area (Å²) in [6.45, 7) is 8.94. The van der Waals surface area contributed by atoms with Crippen molar-refractivity contribution in [3.63, 3.8) is 0 Å². The minimum absolute atomic E-state index is 0.252. The minimum Gasteiger partial charge on any atom is -0.513 e. The van der Waals surface area contributed by atoms with Gasteiger partial charge in [0.1, 0.15) is 0 Å². The van der Waals surface area contributed by atoms with E-state index >= 15 is 0 Å². The molecule has 0 amide bonds. The van der Waals surface area contributed by atoms with Crippen molar-refractivity contribution in [1.29, 1.82) is 0 Å². The monoisotopic (exact) mass is 172 g/mol. The molecule has 0 rings (SSSR count). The van der Waals surface area contributed by atoms with Gasteiger partial charge in [-0.2, -0.15) is 0 Å². The van der Waals surface area contributed by atoms with Gasteiger partial charge in [-0.05, 0) is 38.0 Å². The molecule has 0 aliphatic heterocycles. The van der Waals surface area contributed by atoms with E-state index in [4.69, 9.17) is 16.7 Å². The second kappa shape index (κ2) is 4.24. The first-order valence-electron chi connectivity index (χ1n) is 3.34. The molecule has 1 nitrogen and oxygen atoms in total. The molecule has 0 fully saturated rings. The van der Waals surface area contributed by atoms with E-state index in [1.165, 1.54) is 0 Å². The Bertz CT molecular complexity index is 220. The summed E-state index contributed by atoms with van der Waals surface area (Å²) in [7, 11) is 0. The Morgan fingerprint density at radius 1 is 1.36 bits per heavy atom. The second-order valence-electron chi connectivity index (χ2n) is 2.56. The molecule has 0 spiro atoms. The first kappa shape index (κ1) is 10.3. The minimum atomic E-state index is 0.252. The summed E-state index contributed by atoms with van der Waals surface area (Å²) in [6, 6.07) is 0. The van der Waals surface area contributed by atoms with Crippen LogP contribution in [0.3, 0.4) is 0 Å². The van der Waals surface area contributed by atoms with Crippen molar-refractivity contribution in [2.75, 3.05) is 0 Å². The molecule has 0 saturated heterocycles. The van der Waals surface area contributed by atoms with Crippen LogP contribution in [-0.4, -0.2) is 5.11 Å². The summed E-state index contributed by atoms with van der Waals surface area (Å²) in [5, 5.41) is 9.50. The first-order chi connectivity index (χ1) is 4.95. The highest BCUT2D eigenvalue weighted by atomic mass is 35.5. The van der Waals surface area contributed by atoms with E-state index in [9.17, 15) is 0 Å². The normalized spacial score (nSPS) is 14.4. The van der Waals surface area contributed by atoms with Crippen LogP contribution in [0.15, 0.2) is 34.6 Å². The van der Waals surface area contributed by atoms with Gasteiger partial charge in [0.15, 0.2) is 0 Å². The van der Waals surface area contributed by atoms with Crippen LogP contribution < -0.4 is 0 Å². The van der Waals surface area contributed by atoms with Crippen LogP contribution in [0.2, 0.25) is 0 Å². The lowest BCUT2D eigenvalue weighted by atomic mass is 10.2. The van der Waals surface area contributed by atoms with Gasteiger partial charge >= 0.3 is 0 Å². The third kappa shape index (κ3) is 3.89. The fourth-order valence-electron chi connectivity index (χ4n) is 0.713. The van der Waals surface area contributed by atoms with E-state index in [-0.39, 0.29) is 5.76 Å². The maximum atomic E-state index is 8.89.